The first-order valence-corrected chi connectivity index (χ1v) is 6.77. The lowest BCUT2D eigenvalue weighted by molar-refractivity contribution is 0.0698. The van der Waals surface area contributed by atoms with E-state index in [9.17, 15) is 9.90 Å². The van der Waals surface area contributed by atoms with Gasteiger partial charge in [-0.1, -0.05) is 13.0 Å². The highest BCUT2D eigenvalue weighted by Gasteiger charge is 2.29. The lowest BCUT2D eigenvalue weighted by Gasteiger charge is -2.14. The minimum atomic E-state index is -0.883. The van der Waals surface area contributed by atoms with Crippen LogP contribution in [0.2, 0.25) is 0 Å². The van der Waals surface area contributed by atoms with Crippen molar-refractivity contribution in [3.05, 3.63) is 29.6 Å². The van der Waals surface area contributed by atoms with Gasteiger partial charge in [-0.3, -0.25) is 0 Å². The van der Waals surface area contributed by atoms with Gasteiger partial charge in [-0.2, -0.15) is 0 Å². The maximum Gasteiger partial charge on any atom is 0.337 e. The number of carboxylic acids is 1. The van der Waals surface area contributed by atoms with Gasteiger partial charge >= 0.3 is 5.97 Å². The molecule has 1 aliphatic rings. The predicted octanol–water partition coefficient (Wildman–Crippen LogP) is 3.09. The molecular formula is C15H18N2O2. The minimum absolute atomic E-state index is 0.348. The summed E-state index contributed by atoms with van der Waals surface area (Å²) in [7, 11) is 0. The quantitative estimate of drug-likeness (QED) is 0.916. The smallest absolute Gasteiger partial charge is 0.337 e. The van der Waals surface area contributed by atoms with Gasteiger partial charge in [0.15, 0.2) is 0 Å². The number of aromatic carboxylic acids is 1. The summed E-state index contributed by atoms with van der Waals surface area (Å²) in [4.78, 5) is 15.9. The Kier molecular flexibility index (Phi) is 2.81. The van der Waals surface area contributed by atoms with Gasteiger partial charge in [0.1, 0.15) is 5.82 Å². The van der Waals surface area contributed by atoms with Crippen LogP contribution in [0, 0.1) is 18.8 Å². The number of hydrogen-bond acceptors (Lipinski definition) is 2. The number of aryl methyl sites for hydroxylation is 1. The number of aromatic nitrogens is 2. The normalized spacial score (nSPS) is 16.7. The summed E-state index contributed by atoms with van der Waals surface area (Å²) in [5.41, 5.74) is 1.89. The molecule has 4 heteroatoms. The third-order valence-corrected chi connectivity index (χ3v) is 4.09. The van der Waals surface area contributed by atoms with Gasteiger partial charge < -0.3 is 9.67 Å². The number of hydrogen-bond donors (Lipinski definition) is 1. The highest BCUT2D eigenvalue weighted by Crippen LogP contribution is 2.38. The van der Waals surface area contributed by atoms with Crippen LogP contribution in [-0.2, 0) is 6.54 Å². The maximum absolute atomic E-state index is 11.4. The first-order valence-electron chi connectivity index (χ1n) is 6.77. The fourth-order valence-electron chi connectivity index (χ4n) is 2.80. The molecule has 1 N–H and O–H groups in total. The van der Waals surface area contributed by atoms with Gasteiger partial charge in [-0.15, -0.1) is 0 Å². The van der Waals surface area contributed by atoms with Crippen molar-refractivity contribution in [2.24, 2.45) is 11.8 Å². The SMILES string of the molecule is Cc1nc2cccc(C(=O)O)c2n1CC(C)C1CC1. The van der Waals surface area contributed by atoms with Crippen LogP contribution < -0.4 is 0 Å². The third kappa shape index (κ3) is 2.11. The van der Waals surface area contributed by atoms with E-state index >= 15 is 0 Å². The molecule has 2 aromatic rings. The highest BCUT2D eigenvalue weighted by molar-refractivity contribution is 6.01. The minimum Gasteiger partial charge on any atom is -0.478 e. The van der Waals surface area contributed by atoms with Gasteiger partial charge in [0.05, 0.1) is 16.6 Å². The zero-order valence-corrected chi connectivity index (χ0v) is 11.3. The van der Waals surface area contributed by atoms with Crippen molar-refractivity contribution in [2.45, 2.75) is 33.2 Å². The number of fused-ring (bicyclic) bond motifs is 1. The Morgan fingerprint density at radius 2 is 2.26 bits per heavy atom. The molecule has 100 valence electrons. The number of imidazole rings is 1. The van der Waals surface area contributed by atoms with E-state index in [0.717, 1.165) is 29.3 Å². The van der Waals surface area contributed by atoms with E-state index < -0.39 is 5.97 Å². The van der Waals surface area contributed by atoms with E-state index in [2.05, 4.69) is 16.5 Å². The Morgan fingerprint density at radius 1 is 1.53 bits per heavy atom. The number of nitrogens with zero attached hydrogens (tertiary/aromatic N) is 2. The molecule has 0 aliphatic heterocycles. The second kappa shape index (κ2) is 4.37. The summed E-state index contributed by atoms with van der Waals surface area (Å²) >= 11 is 0. The van der Waals surface area contributed by atoms with Gasteiger partial charge in [-0.25, -0.2) is 9.78 Å². The Bertz CT molecular complexity index is 641. The van der Waals surface area contributed by atoms with Crippen LogP contribution in [0.1, 0.15) is 35.9 Å². The first kappa shape index (κ1) is 12.2. The van der Waals surface area contributed by atoms with Gasteiger partial charge in [0.2, 0.25) is 0 Å². The van der Waals surface area contributed by atoms with Crippen LogP contribution in [0.15, 0.2) is 18.2 Å². The topological polar surface area (TPSA) is 55.1 Å². The molecule has 4 nitrogen and oxygen atoms in total. The molecule has 1 aromatic carbocycles. The van der Waals surface area contributed by atoms with E-state index in [1.165, 1.54) is 12.8 Å². The molecule has 1 unspecified atom stereocenters. The molecule has 1 heterocycles. The fraction of sp³-hybridized carbons (Fsp3) is 0.467. The number of rotatable bonds is 4. The molecule has 0 amide bonds. The Labute approximate surface area is 112 Å². The van der Waals surface area contributed by atoms with E-state index in [-0.39, 0.29) is 0 Å². The molecule has 1 aliphatic carbocycles. The Morgan fingerprint density at radius 3 is 2.89 bits per heavy atom. The summed E-state index contributed by atoms with van der Waals surface area (Å²) in [6, 6.07) is 5.30. The van der Waals surface area contributed by atoms with Crippen LogP contribution in [0.4, 0.5) is 0 Å². The second-order valence-corrected chi connectivity index (χ2v) is 5.56. The van der Waals surface area contributed by atoms with Crippen LogP contribution in [0.25, 0.3) is 11.0 Å². The summed E-state index contributed by atoms with van der Waals surface area (Å²) < 4.78 is 2.07. The van der Waals surface area contributed by atoms with E-state index in [1.807, 2.05) is 13.0 Å². The van der Waals surface area contributed by atoms with Crippen molar-refractivity contribution in [3.63, 3.8) is 0 Å². The van der Waals surface area contributed by atoms with Gasteiger partial charge in [0.25, 0.3) is 0 Å². The first-order chi connectivity index (χ1) is 9.08. The standard InChI is InChI=1S/C15H18N2O2/c1-9(11-6-7-11)8-17-10(2)16-13-5-3-4-12(14(13)17)15(18)19/h3-5,9,11H,6-8H2,1-2H3,(H,18,19). The molecule has 1 aromatic heterocycles. The molecule has 0 radical (unpaired) electrons. The molecule has 19 heavy (non-hydrogen) atoms. The zero-order valence-electron chi connectivity index (χ0n) is 11.3. The molecule has 1 saturated carbocycles. The Balaban J connectivity index is 2.10. The summed E-state index contributed by atoms with van der Waals surface area (Å²) in [6.45, 7) is 5.05. The van der Waals surface area contributed by atoms with Crippen molar-refractivity contribution in [3.8, 4) is 0 Å². The number of carboxylic acid groups (broad SMARTS) is 1. The van der Waals surface area contributed by atoms with Crippen LogP contribution in [0.5, 0.6) is 0 Å². The zero-order chi connectivity index (χ0) is 13.6. The van der Waals surface area contributed by atoms with Crippen molar-refractivity contribution in [2.75, 3.05) is 0 Å². The molecular weight excluding hydrogens is 240 g/mol. The van der Waals surface area contributed by atoms with Gasteiger partial charge in [-0.05, 0) is 43.7 Å². The Hall–Kier alpha value is -1.84. The fourth-order valence-corrected chi connectivity index (χ4v) is 2.80. The van der Waals surface area contributed by atoms with Crippen molar-refractivity contribution < 1.29 is 9.90 Å². The molecule has 0 bridgehead atoms. The lowest BCUT2D eigenvalue weighted by atomic mass is 10.1. The van der Waals surface area contributed by atoms with Crippen molar-refractivity contribution in [1.82, 2.24) is 9.55 Å². The van der Waals surface area contributed by atoms with Gasteiger partial charge in [0, 0.05) is 6.54 Å². The molecule has 1 atom stereocenters. The lowest BCUT2D eigenvalue weighted by Crippen LogP contribution is -2.12. The van der Waals surface area contributed by atoms with Crippen LogP contribution >= 0.6 is 0 Å². The second-order valence-electron chi connectivity index (χ2n) is 5.56. The number of benzene rings is 1. The molecule has 0 saturated heterocycles. The monoisotopic (exact) mass is 258 g/mol. The maximum atomic E-state index is 11.4. The van der Waals surface area contributed by atoms with Crippen molar-refractivity contribution >= 4 is 17.0 Å². The number of carbonyl (C=O) groups is 1. The average molecular weight is 258 g/mol. The summed E-state index contributed by atoms with van der Waals surface area (Å²) in [5.74, 6) is 1.40. The van der Waals surface area contributed by atoms with E-state index in [0.29, 0.717) is 11.5 Å². The van der Waals surface area contributed by atoms with Crippen LogP contribution in [-0.4, -0.2) is 20.6 Å². The predicted molar refractivity (Wildman–Crippen MR) is 73.3 cm³/mol. The van der Waals surface area contributed by atoms with E-state index in [1.54, 1.807) is 12.1 Å². The summed E-state index contributed by atoms with van der Waals surface area (Å²) in [6.07, 6.45) is 2.61. The third-order valence-electron chi connectivity index (χ3n) is 4.09. The van der Waals surface area contributed by atoms with E-state index in [4.69, 9.17) is 0 Å². The summed E-state index contributed by atoms with van der Waals surface area (Å²) in [5, 5.41) is 9.33. The molecule has 3 rings (SSSR count). The average Bonchev–Trinajstić information content (AvgIpc) is 3.15. The molecule has 1 fully saturated rings. The number of para-hydroxylation sites is 1. The van der Waals surface area contributed by atoms with Crippen molar-refractivity contribution in [1.29, 1.82) is 0 Å². The molecule has 0 spiro atoms. The van der Waals surface area contributed by atoms with Crippen LogP contribution in [0.3, 0.4) is 0 Å². The highest BCUT2D eigenvalue weighted by atomic mass is 16.4. The largest absolute Gasteiger partial charge is 0.478 e.